The van der Waals surface area contributed by atoms with E-state index in [4.69, 9.17) is 5.11 Å². The average Bonchev–Trinajstić information content (AvgIpc) is 3.59. The van der Waals surface area contributed by atoms with Crippen molar-refractivity contribution in [1.82, 2.24) is 35.2 Å². The van der Waals surface area contributed by atoms with E-state index in [9.17, 15) is 9.59 Å². The number of carbonyl (C=O) groups is 2. The summed E-state index contributed by atoms with van der Waals surface area (Å²) in [5.41, 5.74) is 1.44. The van der Waals surface area contributed by atoms with Crippen LogP contribution in [0.25, 0.3) is 0 Å². The van der Waals surface area contributed by atoms with E-state index in [-0.39, 0.29) is 24.0 Å². The van der Waals surface area contributed by atoms with Crippen molar-refractivity contribution in [3.8, 4) is 0 Å². The SMILES string of the molecule is CCCCc1ncc(C(=O)N(Cc2nccs2)c2nn[nH]n2)n1Cc1ccc(C(=O)O)cc1. The van der Waals surface area contributed by atoms with E-state index < -0.39 is 5.97 Å². The van der Waals surface area contributed by atoms with Crippen molar-refractivity contribution >= 4 is 29.2 Å². The molecule has 4 aromatic rings. The van der Waals surface area contributed by atoms with Crippen LogP contribution >= 0.6 is 11.3 Å². The molecule has 0 spiro atoms. The summed E-state index contributed by atoms with van der Waals surface area (Å²) in [6, 6.07) is 6.59. The van der Waals surface area contributed by atoms with Gasteiger partial charge in [-0.2, -0.15) is 5.21 Å². The molecule has 0 unspecified atom stereocenters. The quantitative estimate of drug-likeness (QED) is 0.363. The second kappa shape index (κ2) is 10.1. The maximum absolute atomic E-state index is 13.7. The zero-order valence-corrected chi connectivity index (χ0v) is 18.7. The summed E-state index contributed by atoms with van der Waals surface area (Å²) in [5.74, 6) is -0.390. The van der Waals surface area contributed by atoms with Gasteiger partial charge in [0, 0.05) is 24.5 Å². The Bertz CT molecular complexity index is 1200. The van der Waals surface area contributed by atoms with E-state index in [0.717, 1.165) is 29.2 Å². The molecule has 3 heterocycles. The average molecular weight is 467 g/mol. The molecular weight excluding hydrogens is 444 g/mol. The van der Waals surface area contributed by atoms with Crippen LogP contribution in [0.4, 0.5) is 5.95 Å². The predicted molar refractivity (Wildman–Crippen MR) is 120 cm³/mol. The van der Waals surface area contributed by atoms with E-state index in [0.29, 0.717) is 18.7 Å². The van der Waals surface area contributed by atoms with Gasteiger partial charge in [-0.15, -0.1) is 16.4 Å². The molecule has 0 saturated heterocycles. The monoisotopic (exact) mass is 466 g/mol. The highest BCUT2D eigenvalue weighted by Gasteiger charge is 2.27. The first kappa shape index (κ1) is 22.3. The Labute approximate surface area is 193 Å². The molecule has 1 amide bonds. The first-order valence-corrected chi connectivity index (χ1v) is 11.2. The molecule has 0 bridgehead atoms. The first-order valence-electron chi connectivity index (χ1n) is 10.4. The van der Waals surface area contributed by atoms with Gasteiger partial charge in [0.15, 0.2) is 0 Å². The number of rotatable bonds is 10. The lowest BCUT2D eigenvalue weighted by atomic mass is 10.1. The van der Waals surface area contributed by atoms with Crippen LogP contribution < -0.4 is 4.90 Å². The van der Waals surface area contributed by atoms with Gasteiger partial charge in [0.25, 0.3) is 11.9 Å². The highest BCUT2D eigenvalue weighted by atomic mass is 32.1. The summed E-state index contributed by atoms with van der Waals surface area (Å²) in [5, 5.41) is 25.7. The Hall–Kier alpha value is -3.93. The fourth-order valence-electron chi connectivity index (χ4n) is 3.34. The van der Waals surface area contributed by atoms with Gasteiger partial charge in [-0.3, -0.25) is 9.69 Å². The van der Waals surface area contributed by atoms with Gasteiger partial charge < -0.3 is 9.67 Å². The van der Waals surface area contributed by atoms with E-state index in [1.807, 2.05) is 9.95 Å². The Morgan fingerprint density at radius 3 is 2.67 bits per heavy atom. The summed E-state index contributed by atoms with van der Waals surface area (Å²) in [4.78, 5) is 35.0. The number of unbranched alkanes of at least 4 members (excludes halogenated alkanes) is 1. The Kier molecular flexibility index (Phi) is 6.83. The number of hydrogen-bond donors (Lipinski definition) is 2. The molecule has 3 aromatic heterocycles. The van der Waals surface area contributed by atoms with Crippen molar-refractivity contribution in [1.29, 1.82) is 0 Å². The maximum Gasteiger partial charge on any atom is 0.335 e. The van der Waals surface area contributed by atoms with E-state index in [1.54, 1.807) is 36.7 Å². The Morgan fingerprint density at radius 2 is 2.03 bits per heavy atom. The molecule has 0 radical (unpaired) electrons. The number of benzene rings is 1. The third kappa shape index (κ3) is 5.12. The van der Waals surface area contributed by atoms with E-state index >= 15 is 0 Å². The largest absolute Gasteiger partial charge is 0.478 e. The van der Waals surface area contributed by atoms with Crippen LogP contribution in [-0.4, -0.2) is 52.1 Å². The number of tetrazole rings is 1. The number of aryl methyl sites for hydroxylation is 1. The van der Waals surface area contributed by atoms with Crippen molar-refractivity contribution in [3.63, 3.8) is 0 Å². The number of carbonyl (C=O) groups excluding carboxylic acids is 1. The molecule has 4 rings (SSSR count). The molecule has 2 N–H and O–H groups in total. The molecule has 0 aliphatic rings. The van der Waals surface area contributed by atoms with Crippen molar-refractivity contribution in [2.45, 2.75) is 39.3 Å². The zero-order valence-electron chi connectivity index (χ0n) is 17.9. The lowest BCUT2D eigenvalue weighted by Crippen LogP contribution is -2.33. The van der Waals surface area contributed by atoms with Crippen LogP contribution in [0.1, 0.15) is 57.0 Å². The number of aromatic nitrogens is 7. The predicted octanol–water partition coefficient (Wildman–Crippen LogP) is 2.79. The molecule has 170 valence electrons. The van der Waals surface area contributed by atoms with Gasteiger partial charge in [0.05, 0.1) is 18.3 Å². The highest BCUT2D eigenvalue weighted by Crippen LogP contribution is 2.20. The molecule has 0 fully saturated rings. The van der Waals surface area contributed by atoms with Crippen molar-refractivity contribution in [2.24, 2.45) is 0 Å². The number of nitrogens with one attached hydrogen (secondary N) is 1. The van der Waals surface area contributed by atoms with Crippen LogP contribution in [-0.2, 0) is 19.5 Å². The number of amides is 1. The molecule has 1 aromatic carbocycles. The van der Waals surface area contributed by atoms with Gasteiger partial charge in [0.2, 0.25) is 0 Å². The fraction of sp³-hybridized carbons (Fsp3) is 0.286. The van der Waals surface area contributed by atoms with Gasteiger partial charge in [0.1, 0.15) is 16.5 Å². The molecular formula is C21H22N8O3S. The van der Waals surface area contributed by atoms with Crippen molar-refractivity contribution in [2.75, 3.05) is 4.90 Å². The maximum atomic E-state index is 13.7. The van der Waals surface area contributed by atoms with Crippen LogP contribution in [0.15, 0.2) is 42.0 Å². The van der Waals surface area contributed by atoms with E-state index in [2.05, 4.69) is 37.5 Å². The van der Waals surface area contributed by atoms with Crippen molar-refractivity contribution in [3.05, 3.63) is 69.7 Å². The van der Waals surface area contributed by atoms with Crippen LogP contribution in [0.2, 0.25) is 0 Å². The summed E-state index contributed by atoms with van der Waals surface area (Å²) in [6.45, 7) is 2.66. The number of hydrogen-bond acceptors (Lipinski definition) is 8. The summed E-state index contributed by atoms with van der Waals surface area (Å²) in [7, 11) is 0. The summed E-state index contributed by atoms with van der Waals surface area (Å²) in [6.07, 6.45) is 5.87. The standard InChI is InChI=1S/C21H22N8O3S/c1-2-3-4-17-23-11-16(28(17)12-14-5-7-15(8-6-14)20(31)32)19(30)29(21-24-26-27-25-21)13-18-22-9-10-33-18/h5-11H,2-4,12-13H2,1H3,(H,31,32)(H,24,25,26,27). The van der Waals surface area contributed by atoms with E-state index in [1.165, 1.54) is 16.2 Å². The van der Waals surface area contributed by atoms with Crippen LogP contribution in [0, 0.1) is 0 Å². The lowest BCUT2D eigenvalue weighted by Gasteiger charge is -2.19. The number of anilines is 1. The van der Waals surface area contributed by atoms with Gasteiger partial charge in [-0.25, -0.2) is 14.8 Å². The number of carboxylic acid groups (broad SMARTS) is 1. The summed E-state index contributed by atoms with van der Waals surface area (Å²) < 4.78 is 1.86. The minimum Gasteiger partial charge on any atom is -0.478 e. The second-order valence-corrected chi connectivity index (χ2v) is 8.26. The molecule has 0 aliphatic carbocycles. The molecule has 12 heteroatoms. The lowest BCUT2D eigenvalue weighted by molar-refractivity contribution is 0.0696. The molecule has 33 heavy (non-hydrogen) atoms. The molecule has 0 atom stereocenters. The number of H-pyrrole nitrogens is 1. The van der Waals surface area contributed by atoms with Crippen LogP contribution in [0.3, 0.4) is 0 Å². The molecule has 0 aliphatic heterocycles. The number of nitrogens with zero attached hydrogens (tertiary/aromatic N) is 7. The first-order chi connectivity index (χ1) is 16.1. The number of aromatic carboxylic acids is 1. The number of carboxylic acids is 1. The Morgan fingerprint density at radius 1 is 1.21 bits per heavy atom. The van der Waals surface area contributed by atoms with Gasteiger partial charge in [-0.05, 0) is 29.3 Å². The van der Waals surface area contributed by atoms with Gasteiger partial charge in [-0.1, -0.05) is 30.6 Å². The number of imidazole rings is 1. The van der Waals surface area contributed by atoms with Crippen LogP contribution in [0.5, 0.6) is 0 Å². The topological polar surface area (TPSA) is 143 Å². The fourth-order valence-corrected chi connectivity index (χ4v) is 3.94. The minimum absolute atomic E-state index is 0.142. The Balaban J connectivity index is 1.68. The third-order valence-corrected chi connectivity index (χ3v) is 5.81. The highest BCUT2D eigenvalue weighted by molar-refractivity contribution is 7.09. The normalized spacial score (nSPS) is 10.9. The third-order valence-electron chi connectivity index (χ3n) is 5.05. The van der Waals surface area contributed by atoms with Gasteiger partial charge >= 0.3 is 5.97 Å². The second-order valence-electron chi connectivity index (χ2n) is 7.28. The molecule has 0 saturated carbocycles. The number of thiazole rings is 1. The zero-order chi connectivity index (χ0) is 23.2. The summed E-state index contributed by atoms with van der Waals surface area (Å²) >= 11 is 1.43. The van der Waals surface area contributed by atoms with Crippen molar-refractivity contribution < 1.29 is 14.7 Å². The number of aromatic amines is 1. The minimum atomic E-state index is -0.985. The molecule has 11 nitrogen and oxygen atoms in total. The smallest absolute Gasteiger partial charge is 0.335 e.